The van der Waals surface area contributed by atoms with Crippen LogP contribution < -0.4 is 19.5 Å². The Morgan fingerprint density at radius 1 is 1.13 bits per heavy atom. The smallest absolute Gasteiger partial charge is 0.272 e. The van der Waals surface area contributed by atoms with Gasteiger partial charge in [0.25, 0.3) is 5.91 Å². The van der Waals surface area contributed by atoms with Crippen LogP contribution in [0, 0.1) is 0 Å². The molecule has 0 aliphatic carbocycles. The fourth-order valence-electron chi connectivity index (χ4n) is 2.81. The van der Waals surface area contributed by atoms with Crippen LogP contribution in [0.15, 0.2) is 48.7 Å². The predicted molar refractivity (Wildman–Crippen MR) is 115 cm³/mol. The molecule has 0 fully saturated rings. The molecule has 0 bridgehead atoms. The summed E-state index contributed by atoms with van der Waals surface area (Å²) in [7, 11) is 3.16. The minimum atomic E-state index is -0.327. The van der Waals surface area contributed by atoms with Crippen molar-refractivity contribution >= 4 is 29.1 Å². The summed E-state index contributed by atoms with van der Waals surface area (Å²) >= 11 is 12.1. The van der Waals surface area contributed by atoms with Crippen LogP contribution in [-0.4, -0.2) is 29.9 Å². The van der Waals surface area contributed by atoms with Gasteiger partial charge >= 0.3 is 0 Å². The summed E-state index contributed by atoms with van der Waals surface area (Å²) in [5.74, 6) is 1.44. The topological polar surface area (TPSA) is 74.6 Å². The van der Waals surface area contributed by atoms with Crippen LogP contribution in [-0.2, 0) is 6.73 Å². The Labute approximate surface area is 184 Å². The first kappa shape index (κ1) is 21.8. The van der Waals surface area contributed by atoms with Crippen LogP contribution in [0.1, 0.15) is 29.0 Å². The van der Waals surface area contributed by atoms with E-state index in [-0.39, 0.29) is 24.4 Å². The molecule has 1 aromatic heterocycles. The van der Waals surface area contributed by atoms with Gasteiger partial charge in [-0.05, 0) is 43.3 Å². The number of carbonyl (C=O) groups is 1. The van der Waals surface area contributed by atoms with Crippen LogP contribution in [0.25, 0.3) is 0 Å². The standard InChI is InChI=1S/C21H21Cl2N3O4/c1-13(15-11-14(28-2)7-8-18(15)29-3)24-21(27)17-9-10-26(25-17)12-30-19-6-4-5-16(22)20(19)23/h4-11,13H,12H2,1-3H3,(H,24,27). The first-order valence-electron chi connectivity index (χ1n) is 9.06. The molecule has 9 heteroatoms. The normalized spacial score (nSPS) is 11.6. The van der Waals surface area contributed by atoms with Gasteiger partial charge in [-0.2, -0.15) is 5.10 Å². The Morgan fingerprint density at radius 2 is 1.93 bits per heavy atom. The molecule has 0 aliphatic rings. The molecule has 0 saturated carbocycles. The molecule has 1 unspecified atom stereocenters. The summed E-state index contributed by atoms with van der Waals surface area (Å²) in [4.78, 5) is 12.6. The molecular weight excluding hydrogens is 429 g/mol. The molecule has 1 atom stereocenters. The SMILES string of the molecule is COc1ccc(OC)c(C(C)NC(=O)c2ccn(COc3cccc(Cl)c3Cl)n2)c1. The van der Waals surface area contributed by atoms with Crippen molar-refractivity contribution in [2.75, 3.05) is 14.2 Å². The number of nitrogens with one attached hydrogen (secondary N) is 1. The van der Waals surface area contributed by atoms with Gasteiger partial charge in [-0.15, -0.1) is 0 Å². The zero-order chi connectivity index (χ0) is 21.7. The van der Waals surface area contributed by atoms with Crippen LogP contribution in [0.2, 0.25) is 10.0 Å². The van der Waals surface area contributed by atoms with E-state index in [9.17, 15) is 4.79 Å². The van der Waals surface area contributed by atoms with Crippen molar-refractivity contribution < 1.29 is 19.0 Å². The van der Waals surface area contributed by atoms with Crippen LogP contribution in [0.3, 0.4) is 0 Å². The second-order valence-corrected chi connectivity index (χ2v) is 7.15. The Morgan fingerprint density at radius 3 is 2.67 bits per heavy atom. The summed E-state index contributed by atoms with van der Waals surface area (Å²) in [5.41, 5.74) is 1.05. The molecule has 3 aromatic rings. The van der Waals surface area contributed by atoms with E-state index in [0.717, 1.165) is 5.56 Å². The molecule has 0 saturated heterocycles. The number of ether oxygens (including phenoxy) is 3. The molecule has 7 nitrogen and oxygen atoms in total. The summed E-state index contributed by atoms with van der Waals surface area (Å²) in [6.07, 6.45) is 1.64. The number of hydrogen-bond acceptors (Lipinski definition) is 5. The zero-order valence-electron chi connectivity index (χ0n) is 16.7. The third-order valence-electron chi connectivity index (χ3n) is 4.39. The molecular formula is C21H21Cl2N3O4. The maximum absolute atomic E-state index is 12.6. The van der Waals surface area contributed by atoms with Crippen molar-refractivity contribution in [1.29, 1.82) is 0 Å². The lowest BCUT2D eigenvalue weighted by Gasteiger charge is -2.17. The van der Waals surface area contributed by atoms with Crippen molar-refractivity contribution in [2.24, 2.45) is 0 Å². The fraction of sp³-hybridized carbons (Fsp3) is 0.238. The number of methoxy groups -OCH3 is 2. The number of nitrogens with zero attached hydrogens (tertiary/aromatic N) is 2. The van der Waals surface area contributed by atoms with E-state index in [2.05, 4.69) is 10.4 Å². The maximum atomic E-state index is 12.6. The number of aromatic nitrogens is 2. The second-order valence-electron chi connectivity index (χ2n) is 6.37. The summed E-state index contributed by atoms with van der Waals surface area (Å²) in [6, 6.07) is 11.8. The van der Waals surface area contributed by atoms with Gasteiger partial charge in [0, 0.05) is 11.8 Å². The molecule has 1 heterocycles. The number of amides is 1. The molecule has 0 spiro atoms. The van der Waals surface area contributed by atoms with Crippen molar-refractivity contribution in [2.45, 2.75) is 19.7 Å². The van der Waals surface area contributed by atoms with Gasteiger partial charge < -0.3 is 19.5 Å². The number of hydrogen-bond donors (Lipinski definition) is 1. The Kier molecular flexibility index (Phi) is 7.07. The van der Waals surface area contributed by atoms with Crippen molar-refractivity contribution in [3.05, 3.63) is 70.0 Å². The van der Waals surface area contributed by atoms with E-state index < -0.39 is 0 Å². The van der Waals surface area contributed by atoms with Gasteiger partial charge in [0.15, 0.2) is 6.73 Å². The van der Waals surface area contributed by atoms with Gasteiger partial charge in [-0.25, -0.2) is 4.68 Å². The van der Waals surface area contributed by atoms with Crippen LogP contribution >= 0.6 is 23.2 Å². The van der Waals surface area contributed by atoms with E-state index in [4.69, 9.17) is 37.4 Å². The first-order chi connectivity index (χ1) is 14.4. The highest BCUT2D eigenvalue weighted by Crippen LogP contribution is 2.32. The van der Waals surface area contributed by atoms with Gasteiger partial charge in [-0.1, -0.05) is 29.3 Å². The predicted octanol–water partition coefficient (Wildman–Crippen LogP) is 4.73. The summed E-state index contributed by atoms with van der Waals surface area (Å²) < 4.78 is 17.8. The van der Waals surface area contributed by atoms with Crippen molar-refractivity contribution in [3.8, 4) is 17.2 Å². The molecule has 158 valence electrons. The quantitative estimate of drug-likeness (QED) is 0.537. The van der Waals surface area contributed by atoms with Crippen molar-refractivity contribution in [3.63, 3.8) is 0 Å². The van der Waals surface area contributed by atoms with E-state index in [1.54, 1.807) is 56.8 Å². The van der Waals surface area contributed by atoms with E-state index >= 15 is 0 Å². The largest absolute Gasteiger partial charge is 0.497 e. The first-order valence-corrected chi connectivity index (χ1v) is 9.81. The third-order valence-corrected chi connectivity index (χ3v) is 5.19. The minimum absolute atomic E-state index is 0.0760. The Bertz CT molecular complexity index is 1040. The van der Waals surface area contributed by atoms with Crippen LogP contribution in [0.5, 0.6) is 17.2 Å². The van der Waals surface area contributed by atoms with Crippen molar-refractivity contribution in [1.82, 2.24) is 15.1 Å². The Hall–Kier alpha value is -2.90. The number of halogens is 2. The zero-order valence-corrected chi connectivity index (χ0v) is 18.2. The molecule has 2 aromatic carbocycles. The van der Waals surface area contributed by atoms with E-state index in [0.29, 0.717) is 27.3 Å². The van der Waals surface area contributed by atoms with Gasteiger partial charge in [0.05, 0.1) is 25.3 Å². The second kappa shape index (κ2) is 9.73. The van der Waals surface area contributed by atoms with E-state index in [1.807, 2.05) is 13.0 Å². The molecule has 1 N–H and O–H groups in total. The monoisotopic (exact) mass is 449 g/mol. The summed E-state index contributed by atoms with van der Waals surface area (Å²) in [6.45, 7) is 1.93. The molecule has 3 rings (SSSR count). The number of carbonyl (C=O) groups excluding carboxylic acids is 1. The van der Waals surface area contributed by atoms with Gasteiger partial charge in [-0.3, -0.25) is 4.79 Å². The third kappa shape index (κ3) is 4.98. The molecule has 0 aliphatic heterocycles. The van der Waals surface area contributed by atoms with Crippen LogP contribution in [0.4, 0.5) is 0 Å². The van der Waals surface area contributed by atoms with E-state index in [1.165, 1.54) is 4.68 Å². The van der Waals surface area contributed by atoms with Gasteiger partial charge in [0.1, 0.15) is 28.0 Å². The molecule has 30 heavy (non-hydrogen) atoms. The fourth-order valence-corrected chi connectivity index (χ4v) is 3.16. The lowest BCUT2D eigenvalue weighted by molar-refractivity contribution is 0.0932. The van der Waals surface area contributed by atoms with Gasteiger partial charge in [0.2, 0.25) is 0 Å². The average molecular weight is 450 g/mol. The molecule has 0 radical (unpaired) electrons. The lowest BCUT2D eigenvalue weighted by atomic mass is 10.1. The maximum Gasteiger partial charge on any atom is 0.272 e. The average Bonchev–Trinajstić information content (AvgIpc) is 3.23. The minimum Gasteiger partial charge on any atom is -0.497 e. The summed E-state index contributed by atoms with van der Waals surface area (Å²) in [5, 5.41) is 7.88. The Balaban J connectivity index is 1.65. The highest BCUT2D eigenvalue weighted by atomic mass is 35.5. The molecule has 1 amide bonds. The highest BCUT2D eigenvalue weighted by Gasteiger charge is 2.18. The number of benzene rings is 2. The lowest BCUT2D eigenvalue weighted by Crippen LogP contribution is -2.27. The number of rotatable bonds is 8. The highest BCUT2D eigenvalue weighted by molar-refractivity contribution is 6.42.